The highest BCUT2D eigenvalue weighted by Gasteiger charge is 2.46. The van der Waals surface area contributed by atoms with Gasteiger partial charge in [0.05, 0.1) is 5.41 Å². The van der Waals surface area contributed by atoms with Gasteiger partial charge in [0.15, 0.2) is 0 Å². The van der Waals surface area contributed by atoms with Crippen molar-refractivity contribution in [1.82, 2.24) is 9.80 Å². The van der Waals surface area contributed by atoms with Crippen LogP contribution in [0.15, 0.2) is 42.5 Å². The van der Waals surface area contributed by atoms with Crippen molar-refractivity contribution in [1.29, 1.82) is 0 Å². The largest absolute Gasteiger partial charge is 0.444 e. The summed E-state index contributed by atoms with van der Waals surface area (Å²) < 4.78 is 5.51. The number of rotatable bonds is 2. The van der Waals surface area contributed by atoms with Gasteiger partial charge in [0.2, 0.25) is 5.91 Å². The van der Waals surface area contributed by atoms with Crippen LogP contribution in [0.1, 0.15) is 52.0 Å². The monoisotopic (exact) mass is 408 g/mol. The van der Waals surface area contributed by atoms with E-state index < -0.39 is 5.60 Å². The number of amides is 2. The molecule has 2 aliphatic rings. The van der Waals surface area contributed by atoms with Gasteiger partial charge in [-0.1, -0.05) is 42.5 Å². The molecule has 5 nitrogen and oxygen atoms in total. The van der Waals surface area contributed by atoms with E-state index >= 15 is 0 Å². The van der Waals surface area contributed by atoms with E-state index in [1.807, 2.05) is 31.7 Å². The number of benzene rings is 2. The van der Waals surface area contributed by atoms with Crippen molar-refractivity contribution in [2.24, 2.45) is 5.41 Å². The second-order valence-electron chi connectivity index (χ2n) is 9.72. The van der Waals surface area contributed by atoms with Gasteiger partial charge >= 0.3 is 6.09 Å². The Bertz CT molecular complexity index is 934. The number of fused-ring (bicyclic) bond motifs is 1. The lowest BCUT2D eigenvalue weighted by Gasteiger charge is -2.46. The number of ether oxygens (including phenoxy) is 1. The number of likely N-dealkylation sites (tertiary alicyclic amines) is 2. The van der Waals surface area contributed by atoms with Crippen molar-refractivity contribution in [3.8, 4) is 0 Å². The zero-order valence-corrected chi connectivity index (χ0v) is 18.3. The third-order valence-electron chi connectivity index (χ3n) is 6.44. The second-order valence-corrected chi connectivity index (χ2v) is 9.72. The first-order valence-electron chi connectivity index (χ1n) is 11.0. The highest BCUT2D eigenvalue weighted by Crippen LogP contribution is 2.41. The van der Waals surface area contributed by atoms with Crippen LogP contribution in [0.2, 0.25) is 0 Å². The van der Waals surface area contributed by atoms with E-state index in [0.29, 0.717) is 19.6 Å². The molecule has 0 atom stereocenters. The smallest absolute Gasteiger partial charge is 0.410 e. The molecule has 2 amide bonds. The molecule has 0 aliphatic carbocycles. The fraction of sp³-hybridized carbons (Fsp3) is 0.520. The summed E-state index contributed by atoms with van der Waals surface area (Å²) in [5, 5.41) is 2.42. The Morgan fingerprint density at radius 3 is 2.43 bits per heavy atom. The van der Waals surface area contributed by atoms with Gasteiger partial charge in [-0.2, -0.15) is 0 Å². The van der Waals surface area contributed by atoms with Crippen LogP contribution in [0.3, 0.4) is 0 Å². The lowest BCUT2D eigenvalue weighted by atomic mass is 9.71. The van der Waals surface area contributed by atoms with Crippen molar-refractivity contribution in [2.45, 2.75) is 58.6 Å². The highest BCUT2D eigenvalue weighted by molar-refractivity contribution is 5.87. The number of hydrogen-bond donors (Lipinski definition) is 0. The summed E-state index contributed by atoms with van der Waals surface area (Å²) in [6.07, 6.45) is 3.10. The van der Waals surface area contributed by atoms with Crippen LogP contribution in [-0.2, 0) is 16.1 Å². The van der Waals surface area contributed by atoms with Gasteiger partial charge in [-0.15, -0.1) is 0 Å². The molecule has 2 aromatic carbocycles. The number of nitrogens with zero attached hydrogens (tertiary/aromatic N) is 2. The molecule has 2 aliphatic heterocycles. The number of carbonyl (C=O) groups excluding carboxylic acids is 2. The Morgan fingerprint density at radius 1 is 1.00 bits per heavy atom. The van der Waals surface area contributed by atoms with Crippen LogP contribution in [0.5, 0.6) is 0 Å². The van der Waals surface area contributed by atoms with Crippen LogP contribution < -0.4 is 0 Å². The van der Waals surface area contributed by atoms with Gasteiger partial charge in [-0.3, -0.25) is 4.79 Å². The minimum Gasteiger partial charge on any atom is -0.444 e. The zero-order valence-electron chi connectivity index (χ0n) is 18.3. The maximum atomic E-state index is 13.5. The van der Waals surface area contributed by atoms with Crippen molar-refractivity contribution in [3.63, 3.8) is 0 Å². The summed E-state index contributed by atoms with van der Waals surface area (Å²) in [6.45, 7) is 8.27. The average Bonchev–Trinajstić information content (AvgIpc) is 2.71. The Kier molecular flexibility index (Phi) is 5.48. The van der Waals surface area contributed by atoms with E-state index in [1.165, 1.54) is 16.3 Å². The quantitative estimate of drug-likeness (QED) is 0.704. The lowest BCUT2D eigenvalue weighted by molar-refractivity contribution is -0.150. The molecule has 1 spiro atoms. The molecule has 2 saturated heterocycles. The highest BCUT2D eigenvalue weighted by atomic mass is 16.6. The molecule has 2 aromatic rings. The Hall–Kier alpha value is -2.56. The second kappa shape index (κ2) is 7.93. The summed E-state index contributed by atoms with van der Waals surface area (Å²) in [6, 6.07) is 14.7. The van der Waals surface area contributed by atoms with Crippen molar-refractivity contribution < 1.29 is 14.3 Å². The molecule has 0 unspecified atom stereocenters. The molecule has 0 radical (unpaired) electrons. The summed E-state index contributed by atoms with van der Waals surface area (Å²) in [5.74, 6) is 0.255. The van der Waals surface area contributed by atoms with Crippen LogP contribution >= 0.6 is 0 Å². The van der Waals surface area contributed by atoms with Gasteiger partial charge < -0.3 is 14.5 Å². The minimum atomic E-state index is -0.498. The molecule has 0 N–H and O–H groups in total. The van der Waals surface area contributed by atoms with E-state index in [-0.39, 0.29) is 17.4 Å². The number of carbonyl (C=O) groups is 2. The van der Waals surface area contributed by atoms with Crippen LogP contribution in [0.25, 0.3) is 10.8 Å². The molecule has 2 heterocycles. The third-order valence-corrected chi connectivity index (χ3v) is 6.44. The van der Waals surface area contributed by atoms with Gasteiger partial charge in [-0.05, 0) is 62.8 Å². The number of hydrogen-bond acceptors (Lipinski definition) is 3. The van der Waals surface area contributed by atoms with E-state index in [1.54, 1.807) is 4.90 Å². The normalized spacial score (nSPS) is 19.4. The topological polar surface area (TPSA) is 49.9 Å². The summed E-state index contributed by atoms with van der Waals surface area (Å²) in [5.41, 5.74) is 0.369. The molecule has 0 saturated carbocycles. The predicted molar refractivity (Wildman–Crippen MR) is 118 cm³/mol. The first-order valence-corrected chi connectivity index (χ1v) is 11.0. The summed E-state index contributed by atoms with van der Waals surface area (Å²) >= 11 is 0. The Morgan fingerprint density at radius 2 is 1.70 bits per heavy atom. The molecule has 2 fully saturated rings. The molecular weight excluding hydrogens is 376 g/mol. The fourth-order valence-electron chi connectivity index (χ4n) is 4.85. The molecule has 0 aromatic heterocycles. The Labute approximate surface area is 179 Å². The molecular formula is C25H32N2O3. The molecule has 0 bridgehead atoms. The van der Waals surface area contributed by atoms with E-state index in [9.17, 15) is 9.59 Å². The summed E-state index contributed by atoms with van der Waals surface area (Å²) in [7, 11) is 0. The van der Waals surface area contributed by atoms with Crippen LogP contribution in [0.4, 0.5) is 4.79 Å². The summed E-state index contributed by atoms with van der Waals surface area (Å²) in [4.78, 5) is 29.7. The Balaban J connectivity index is 1.45. The van der Waals surface area contributed by atoms with Crippen molar-refractivity contribution in [3.05, 3.63) is 48.0 Å². The van der Waals surface area contributed by atoms with Gasteiger partial charge in [-0.25, -0.2) is 4.79 Å². The standard InChI is InChI=1S/C25H32N2O3/c1-24(2,3)30-23(29)26-16-13-25(14-17-26)12-7-15-27(22(25)28)18-20-10-6-9-19-8-4-5-11-21(19)20/h4-6,8-11H,7,12-18H2,1-3H3. The minimum absolute atomic E-state index is 0.255. The van der Waals surface area contributed by atoms with E-state index in [4.69, 9.17) is 4.74 Å². The molecule has 30 heavy (non-hydrogen) atoms. The number of piperidine rings is 2. The molecule has 160 valence electrons. The van der Waals surface area contributed by atoms with E-state index in [0.717, 1.165) is 32.2 Å². The zero-order chi connectivity index (χ0) is 21.4. The maximum Gasteiger partial charge on any atom is 0.410 e. The average molecular weight is 409 g/mol. The fourth-order valence-corrected chi connectivity index (χ4v) is 4.85. The van der Waals surface area contributed by atoms with Crippen molar-refractivity contribution in [2.75, 3.05) is 19.6 Å². The van der Waals surface area contributed by atoms with Crippen LogP contribution in [0, 0.1) is 5.41 Å². The van der Waals surface area contributed by atoms with Crippen molar-refractivity contribution >= 4 is 22.8 Å². The third kappa shape index (κ3) is 4.16. The molecule has 5 heteroatoms. The lowest BCUT2D eigenvalue weighted by Crippen LogP contribution is -2.54. The van der Waals surface area contributed by atoms with Crippen LogP contribution in [-0.4, -0.2) is 47.0 Å². The van der Waals surface area contributed by atoms with Gasteiger partial charge in [0.25, 0.3) is 0 Å². The van der Waals surface area contributed by atoms with E-state index in [2.05, 4.69) is 36.4 Å². The predicted octanol–water partition coefficient (Wildman–Crippen LogP) is 4.98. The first-order chi connectivity index (χ1) is 14.3. The maximum absolute atomic E-state index is 13.5. The van der Waals surface area contributed by atoms with Gasteiger partial charge in [0.1, 0.15) is 5.60 Å². The molecule has 4 rings (SSSR count). The van der Waals surface area contributed by atoms with Gasteiger partial charge in [0, 0.05) is 26.2 Å². The first kappa shape index (κ1) is 20.7. The SMILES string of the molecule is CC(C)(C)OC(=O)N1CCC2(CCCN(Cc3cccc4ccccc34)C2=O)CC1.